The Morgan fingerprint density at radius 2 is 1.65 bits per heavy atom. The predicted octanol–water partition coefficient (Wildman–Crippen LogP) is 3.77. The number of nitrogens with zero attached hydrogens (tertiary/aromatic N) is 1. The largest absolute Gasteiger partial charge is 0.490 e. The molecule has 0 bridgehead atoms. The van der Waals surface area contributed by atoms with Crippen molar-refractivity contribution in [2.45, 2.75) is 27.7 Å². The molecule has 1 aromatic carbocycles. The molecule has 1 aromatic heterocycles. The summed E-state index contributed by atoms with van der Waals surface area (Å²) in [6, 6.07) is 6.02. The van der Waals surface area contributed by atoms with E-state index in [0.717, 1.165) is 40.3 Å². The van der Waals surface area contributed by atoms with Crippen LogP contribution in [0.5, 0.6) is 11.5 Å². The summed E-state index contributed by atoms with van der Waals surface area (Å²) in [6.45, 7) is 10.1. The summed E-state index contributed by atoms with van der Waals surface area (Å²) in [6.07, 6.45) is 0. The number of anilines is 1. The lowest BCUT2D eigenvalue weighted by Gasteiger charge is -2.14. The third-order valence-electron chi connectivity index (χ3n) is 2.97. The van der Waals surface area contributed by atoms with Crippen molar-refractivity contribution in [3.05, 3.63) is 23.9 Å². The molecule has 1 heterocycles. The molecule has 0 fully saturated rings. The van der Waals surface area contributed by atoms with Gasteiger partial charge in [0.05, 0.1) is 18.7 Å². The van der Waals surface area contributed by atoms with Crippen molar-refractivity contribution in [2.75, 3.05) is 25.1 Å². The monoisotopic (exact) mass is 274 g/mol. The number of hydrogen-bond donors (Lipinski definition) is 1. The normalized spacial score (nSPS) is 10.6. The van der Waals surface area contributed by atoms with Gasteiger partial charge in [0.1, 0.15) is 0 Å². The Morgan fingerprint density at radius 3 is 2.25 bits per heavy atom. The van der Waals surface area contributed by atoms with Gasteiger partial charge in [-0.1, -0.05) is 0 Å². The Kier molecular flexibility index (Phi) is 4.66. The number of pyridine rings is 1. The highest BCUT2D eigenvalue weighted by atomic mass is 16.5. The van der Waals surface area contributed by atoms with Gasteiger partial charge in [0.2, 0.25) is 0 Å². The smallest absolute Gasteiger partial charge is 0.163 e. The van der Waals surface area contributed by atoms with Crippen molar-refractivity contribution in [1.29, 1.82) is 0 Å². The number of aryl methyl sites for hydroxylation is 1. The number of fused-ring (bicyclic) bond motifs is 1. The molecule has 0 aliphatic rings. The second kappa shape index (κ2) is 6.46. The average Bonchev–Trinajstić information content (AvgIpc) is 2.41. The van der Waals surface area contributed by atoms with Crippen molar-refractivity contribution < 1.29 is 9.47 Å². The van der Waals surface area contributed by atoms with Gasteiger partial charge in [-0.3, -0.25) is 4.98 Å². The average molecular weight is 274 g/mol. The van der Waals surface area contributed by atoms with Crippen LogP contribution in [0.25, 0.3) is 10.9 Å². The van der Waals surface area contributed by atoms with Crippen LogP contribution in [-0.4, -0.2) is 24.7 Å². The Hall–Kier alpha value is -1.97. The Bertz CT molecular complexity index is 597. The van der Waals surface area contributed by atoms with Crippen LogP contribution in [0, 0.1) is 6.92 Å². The maximum absolute atomic E-state index is 5.68. The molecule has 2 aromatic rings. The number of ether oxygens (including phenoxy) is 2. The van der Waals surface area contributed by atoms with Gasteiger partial charge in [-0.25, -0.2) is 0 Å². The first-order valence-electron chi connectivity index (χ1n) is 7.14. The zero-order valence-electron chi connectivity index (χ0n) is 12.6. The first-order valence-corrected chi connectivity index (χ1v) is 7.14. The van der Waals surface area contributed by atoms with Gasteiger partial charge in [-0.15, -0.1) is 0 Å². The van der Waals surface area contributed by atoms with E-state index in [1.54, 1.807) is 0 Å². The highest BCUT2D eigenvalue weighted by Crippen LogP contribution is 2.35. The molecule has 4 heteroatoms. The first kappa shape index (κ1) is 14.4. The Labute approximate surface area is 120 Å². The summed E-state index contributed by atoms with van der Waals surface area (Å²) in [5.41, 5.74) is 2.99. The van der Waals surface area contributed by atoms with Gasteiger partial charge >= 0.3 is 0 Å². The Balaban J connectivity index is 2.62. The van der Waals surface area contributed by atoms with E-state index in [1.165, 1.54) is 0 Å². The summed E-state index contributed by atoms with van der Waals surface area (Å²) in [5, 5.41) is 4.44. The molecule has 0 radical (unpaired) electrons. The third kappa shape index (κ3) is 2.95. The number of benzene rings is 1. The number of aromatic nitrogens is 1. The van der Waals surface area contributed by atoms with Gasteiger partial charge in [0, 0.05) is 29.4 Å². The molecule has 0 saturated carbocycles. The lowest BCUT2D eigenvalue weighted by molar-refractivity contribution is 0.288. The second-order valence-corrected chi connectivity index (χ2v) is 4.52. The molecular formula is C16H22N2O2. The fourth-order valence-corrected chi connectivity index (χ4v) is 2.24. The van der Waals surface area contributed by atoms with Crippen molar-refractivity contribution in [3.8, 4) is 11.5 Å². The van der Waals surface area contributed by atoms with Gasteiger partial charge in [0.25, 0.3) is 0 Å². The van der Waals surface area contributed by atoms with Crippen LogP contribution in [0.3, 0.4) is 0 Å². The minimum absolute atomic E-state index is 0.609. The van der Waals surface area contributed by atoms with Crippen molar-refractivity contribution >= 4 is 16.6 Å². The fraction of sp³-hybridized carbons (Fsp3) is 0.438. The second-order valence-electron chi connectivity index (χ2n) is 4.52. The van der Waals surface area contributed by atoms with Crippen LogP contribution in [0.1, 0.15) is 26.5 Å². The molecule has 0 spiro atoms. The summed E-state index contributed by atoms with van der Waals surface area (Å²) >= 11 is 0. The van der Waals surface area contributed by atoms with E-state index in [-0.39, 0.29) is 0 Å². The maximum atomic E-state index is 5.68. The predicted molar refractivity (Wildman–Crippen MR) is 83.0 cm³/mol. The first-order chi connectivity index (χ1) is 9.69. The molecule has 0 aliphatic heterocycles. The molecule has 0 saturated heterocycles. The van der Waals surface area contributed by atoms with Crippen molar-refractivity contribution in [3.63, 3.8) is 0 Å². The molecule has 1 N–H and O–H groups in total. The van der Waals surface area contributed by atoms with Gasteiger partial charge in [0.15, 0.2) is 11.5 Å². The van der Waals surface area contributed by atoms with Crippen molar-refractivity contribution in [2.24, 2.45) is 0 Å². The maximum Gasteiger partial charge on any atom is 0.163 e. The van der Waals surface area contributed by atoms with E-state index in [1.807, 2.05) is 32.9 Å². The van der Waals surface area contributed by atoms with E-state index in [4.69, 9.17) is 9.47 Å². The van der Waals surface area contributed by atoms with Crippen LogP contribution in [0.2, 0.25) is 0 Å². The molecular weight excluding hydrogens is 252 g/mol. The van der Waals surface area contributed by atoms with Gasteiger partial charge in [-0.2, -0.15) is 0 Å². The highest BCUT2D eigenvalue weighted by molar-refractivity contribution is 5.93. The SMILES string of the molecule is CCNc1cc(C)nc2cc(OCC)c(OCC)cc12. The lowest BCUT2D eigenvalue weighted by atomic mass is 10.1. The summed E-state index contributed by atoms with van der Waals surface area (Å²) in [4.78, 5) is 4.59. The van der Waals surface area contributed by atoms with Crippen LogP contribution >= 0.6 is 0 Å². The zero-order valence-corrected chi connectivity index (χ0v) is 12.6. The standard InChI is InChI=1S/C16H22N2O2/c1-5-17-13-8-11(4)18-14-10-16(20-7-3)15(19-6-2)9-12(13)14/h8-10H,5-7H2,1-4H3,(H,17,18). The molecule has 0 amide bonds. The van der Waals surface area contributed by atoms with Crippen LogP contribution in [-0.2, 0) is 0 Å². The van der Waals surface area contributed by atoms with Crippen LogP contribution in [0.15, 0.2) is 18.2 Å². The minimum atomic E-state index is 0.609. The lowest BCUT2D eigenvalue weighted by Crippen LogP contribution is -2.02. The third-order valence-corrected chi connectivity index (χ3v) is 2.97. The molecule has 0 aliphatic carbocycles. The number of rotatable bonds is 6. The summed E-state index contributed by atoms with van der Waals surface area (Å²) in [5.74, 6) is 1.52. The van der Waals surface area contributed by atoms with Crippen LogP contribution < -0.4 is 14.8 Å². The highest BCUT2D eigenvalue weighted by Gasteiger charge is 2.11. The molecule has 2 rings (SSSR count). The van der Waals surface area contributed by atoms with E-state index >= 15 is 0 Å². The van der Waals surface area contributed by atoms with Gasteiger partial charge in [-0.05, 0) is 39.8 Å². The van der Waals surface area contributed by atoms with E-state index in [9.17, 15) is 0 Å². The minimum Gasteiger partial charge on any atom is -0.490 e. The molecule has 20 heavy (non-hydrogen) atoms. The Morgan fingerprint density at radius 1 is 1.00 bits per heavy atom. The zero-order chi connectivity index (χ0) is 14.5. The molecule has 0 unspecified atom stereocenters. The van der Waals surface area contributed by atoms with Crippen molar-refractivity contribution in [1.82, 2.24) is 4.98 Å². The van der Waals surface area contributed by atoms with E-state index in [0.29, 0.717) is 13.2 Å². The van der Waals surface area contributed by atoms with E-state index < -0.39 is 0 Å². The number of hydrogen-bond acceptors (Lipinski definition) is 4. The quantitative estimate of drug-likeness (QED) is 0.870. The molecule has 0 atom stereocenters. The summed E-state index contributed by atoms with van der Waals surface area (Å²) in [7, 11) is 0. The number of nitrogens with one attached hydrogen (secondary N) is 1. The van der Waals surface area contributed by atoms with Gasteiger partial charge < -0.3 is 14.8 Å². The fourth-order valence-electron chi connectivity index (χ4n) is 2.24. The topological polar surface area (TPSA) is 43.4 Å². The molecule has 4 nitrogen and oxygen atoms in total. The molecule has 108 valence electrons. The van der Waals surface area contributed by atoms with Crippen LogP contribution in [0.4, 0.5) is 5.69 Å². The van der Waals surface area contributed by atoms with E-state index in [2.05, 4.69) is 23.3 Å². The summed E-state index contributed by atoms with van der Waals surface area (Å²) < 4.78 is 11.3.